The Bertz CT molecular complexity index is 3760. The fourth-order valence-corrected chi connectivity index (χ4v) is 10.0. The fourth-order valence-electron chi connectivity index (χ4n) is 10.0. The van der Waals surface area contributed by atoms with E-state index >= 15 is 26.3 Å². The largest absolute Gasteiger partial charge is 0.304 e. The van der Waals surface area contributed by atoms with E-state index in [1.54, 1.807) is 60.7 Å². The van der Waals surface area contributed by atoms with Crippen molar-refractivity contribution in [2.45, 2.75) is 0 Å². The average molecular weight is 949 g/mol. The molecule has 0 aliphatic carbocycles. The highest BCUT2D eigenvalue weighted by atomic mass is 19.1. The van der Waals surface area contributed by atoms with Crippen molar-refractivity contribution in [1.82, 2.24) is 0 Å². The standard InChI is InChI=1S/C64H38F6N2/c65-51-29-25-41(39-13-3-1-4-14-39)33-49(51)43-27-31-55(69)61(35-43)71(57-23-9-7-21-53(57)67)59-37-45-17-12-20-48-60(38-46-18-11-19-47(59)63(46)64(45)48)72(58-24-10-8-22-54(58)68)62-36-44(28-32-56(62)70)50-34-42(26-30-52(50)66)40-15-5-2-6-16-40/h1-38H. The van der Waals surface area contributed by atoms with E-state index in [1.165, 1.54) is 70.5 Å². The molecule has 12 aromatic carbocycles. The minimum Gasteiger partial charge on any atom is -0.304 e. The van der Waals surface area contributed by atoms with Crippen molar-refractivity contribution in [3.63, 3.8) is 0 Å². The summed E-state index contributed by atoms with van der Waals surface area (Å²) >= 11 is 0. The first kappa shape index (κ1) is 44.1. The van der Waals surface area contributed by atoms with E-state index in [0.29, 0.717) is 44.0 Å². The zero-order valence-corrected chi connectivity index (χ0v) is 38.1. The maximum Gasteiger partial charge on any atom is 0.147 e. The first-order valence-corrected chi connectivity index (χ1v) is 23.3. The molecule has 0 atom stereocenters. The van der Waals surface area contributed by atoms with E-state index < -0.39 is 34.9 Å². The van der Waals surface area contributed by atoms with Gasteiger partial charge in [0.2, 0.25) is 0 Å². The van der Waals surface area contributed by atoms with Crippen LogP contribution in [0.5, 0.6) is 0 Å². The van der Waals surface area contributed by atoms with E-state index in [0.717, 1.165) is 33.0 Å². The van der Waals surface area contributed by atoms with Crippen molar-refractivity contribution >= 4 is 66.4 Å². The summed E-state index contributed by atoms with van der Waals surface area (Å²) in [6.45, 7) is 0. The van der Waals surface area contributed by atoms with Gasteiger partial charge in [-0.25, -0.2) is 26.3 Å². The highest BCUT2D eigenvalue weighted by Crippen LogP contribution is 2.51. The molecule has 0 N–H and O–H groups in total. The molecule has 0 fully saturated rings. The number of nitrogens with zero attached hydrogens (tertiary/aromatic N) is 2. The second-order valence-corrected chi connectivity index (χ2v) is 17.6. The van der Waals surface area contributed by atoms with E-state index in [9.17, 15) is 0 Å². The van der Waals surface area contributed by atoms with Crippen LogP contribution < -0.4 is 9.80 Å². The van der Waals surface area contributed by atoms with Gasteiger partial charge in [-0.05, 0) is 140 Å². The Morgan fingerprint density at radius 2 is 0.583 bits per heavy atom. The van der Waals surface area contributed by atoms with Gasteiger partial charge in [0.25, 0.3) is 0 Å². The maximum atomic E-state index is 16.8. The van der Waals surface area contributed by atoms with Crippen molar-refractivity contribution < 1.29 is 26.3 Å². The highest BCUT2D eigenvalue weighted by molar-refractivity contribution is 6.29. The summed E-state index contributed by atoms with van der Waals surface area (Å²) in [6, 6.07) is 64.3. The molecule has 12 aromatic rings. The van der Waals surface area contributed by atoms with Crippen molar-refractivity contribution in [3.8, 4) is 44.5 Å². The van der Waals surface area contributed by atoms with Gasteiger partial charge in [-0.2, -0.15) is 0 Å². The van der Waals surface area contributed by atoms with E-state index in [4.69, 9.17) is 0 Å². The monoisotopic (exact) mass is 948 g/mol. The van der Waals surface area contributed by atoms with Gasteiger partial charge in [-0.15, -0.1) is 0 Å². The van der Waals surface area contributed by atoms with Crippen LogP contribution in [0.1, 0.15) is 0 Å². The molecule has 12 rings (SSSR count). The van der Waals surface area contributed by atoms with Gasteiger partial charge in [0.15, 0.2) is 0 Å². The Hall–Kier alpha value is -9.14. The minimum absolute atomic E-state index is 0.0237. The Kier molecular flexibility index (Phi) is 11.0. The van der Waals surface area contributed by atoms with Gasteiger partial charge < -0.3 is 9.80 Å². The molecule has 346 valence electrons. The van der Waals surface area contributed by atoms with Crippen molar-refractivity contribution in [2.75, 3.05) is 9.80 Å². The van der Waals surface area contributed by atoms with Crippen LogP contribution in [0.2, 0.25) is 0 Å². The molecule has 2 nitrogen and oxygen atoms in total. The lowest BCUT2D eigenvalue weighted by Gasteiger charge is -2.31. The Morgan fingerprint density at radius 1 is 0.222 bits per heavy atom. The molecule has 8 heteroatoms. The quantitative estimate of drug-likeness (QED) is 0.0996. The lowest BCUT2D eigenvalue weighted by molar-refractivity contribution is 0.618. The summed E-state index contributed by atoms with van der Waals surface area (Å²) in [4.78, 5) is 3.05. The van der Waals surface area contributed by atoms with Crippen LogP contribution in [0.3, 0.4) is 0 Å². The average Bonchev–Trinajstić information content (AvgIpc) is 3.41. The summed E-state index contributed by atoms with van der Waals surface area (Å²) in [7, 11) is 0. The highest BCUT2D eigenvalue weighted by Gasteiger charge is 2.28. The normalized spacial score (nSPS) is 11.5. The number of halogens is 6. The topological polar surface area (TPSA) is 6.48 Å². The summed E-state index contributed by atoms with van der Waals surface area (Å²) in [5.41, 5.74) is 5.42. The van der Waals surface area contributed by atoms with Crippen molar-refractivity contribution in [2.24, 2.45) is 0 Å². The van der Waals surface area contributed by atoms with E-state index in [2.05, 4.69) is 0 Å². The molecule has 0 radical (unpaired) electrons. The number of anilines is 6. The van der Waals surface area contributed by atoms with Gasteiger partial charge in [0.05, 0.1) is 34.1 Å². The molecule has 0 aliphatic heterocycles. The Balaban J connectivity index is 1.07. The molecule has 0 unspecified atom stereocenters. The predicted octanol–water partition coefficient (Wildman–Crippen LogP) is 19.0. The van der Waals surface area contributed by atoms with E-state index in [-0.39, 0.29) is 33.9 Å². The predicted molar refractivity (Wildman–Crippen MR) is 281 cm³/mol. The zero-order valence-electron chi connectivity index (χ0n) is 38.1. The smallest absolute Gasteiger partial charge is 0.147 e. The summed E-state index contributed by atoms with van der Waals surface area (Å²) in [5, 5.41) is 4.02. The Labute approximate surface area is 410 Å². The number of rotatable bonds is 10. The molecule has 0 saturated carbocycles. The number of benzene rings is 12. The number of para-hydroxylation sites is 2. The third-order valence-corrected chi connectivity index (χ3v) is 13.4. The van der Waals surface area contributed by atoms with Crippen LogP contribution in [0.4, 0.5) is 60.5 Å². The molecule has 0 spiro atoms. The molecular formula is C64H38F6N2. The van der Waals surface area contributed by atoms with Crippen LogP contribution >= 0.6 is 0 Å². The van der Waals surface area contributed by atoms with Crippen LogP contribution in [0.25, 0.3) is 76.8 Å². The summed E-state index contributed by atoms with van der Waals surface area (Å²) < 4.78 is 98.1. The van der Waals surface area contributed by atoms with Gasteiger partial charge in [-0.1, -0.05) is 146 Å². The van der Waals surface area contributed by atoms with Gasteiger partial charge in [0.1, 0.15) is 34.9 Å². The SMILES string of the molecule is Fc1ccc(-c2ccccc2)cc1-c1ccc(F)c(N(c2ccccc2F)c2cc3cccc4c(N(c5ccccc5F)c5cc(-c6cc(-c7ccccc7)ccc6F)ccc5F)cc5cccc2c5c34)c1. The van der Waals surface area contributed by atoms with Gasteiger partial charge >= 0.3 is 0 Å². The van der Waals surface area contributed by atoms with Crippen molar-refractivity contribution in [3.05, 3.63) is 265 Å². The minimum atomic E-state index is -0.675. The second-order valence-electron chi connectivity index (χ2n) is 17.6. The first-order valence-electron chi connectivity index (χ1n) is 23.3. The third kappa shape index (κ3) is 7.65. The lowest BCUT2D eigenvalue weighted by atomic mass is 9.90. The molecule has 0 amide bonds. The summed E-state index contributed by atoms with van der Waals surface area (Å²) in [5.74, 6) is -3.62. The van der Waals surface area contributed by atoms with Crippen molar-refractivity contribution in [1.29, 1.82) is 0 Å². The number of hydrogen-bond donors (Lipinski definition) is 0. The molecular weight excluding hydrogens is 911 g/mol. The summed E-state index contributed by atoms with van der Waals surface area (Å²) in [6.07, 6.45) is 0. The molecule has 0 bridgehead atoms. The molecule has 0 aromatic heterocycles. The molecule has 72 heavy (non-hydrogen) atoms. The van der Waals surface area contributed by atoms with Gasteiger partial charge in [-0.3, -0.25) is 0 Å². The van der Waals surface area contributed by atoms with Crippen LogP contribution in [0, 0.1) is 34.9 Å². The zero-order chi connectivity index (χ0) is 49.0. The molecule has 0 saturated heterocycles. The van der Waals surface area contributed by atoms with Gasteiger partial charge in [0, 0.05) is 21.9 Å². The van der Waals surface area contributed by atoms with Crippen LogP contribution in [0.15, 0.2) is 231 Å². The Morgan fingerprint density at radius 3 is 1.00 bits per heavy atom. The van der Waals surface area contributed by atoms with Crippen LogP contribution in [-0.4, -0.2) is 0 Å². The molecule has 0 heterocycles. The third-order valence-electron chi connectivity index (χ3n) is 13.4. The second kappa shape index (κ2) is 18.0. The maximum absolute atomic E-state index is 16.8. The first-order chi connectivity index (χ1) is 35.2. The fraction of sp³-hybridized carbons (Fsp3) is 0. The lowest BCUT2D eigenvalue weighted by Crippen LogP contribution is -2.15. The molecule has 0 aliphatic rings. The van der Waals surface area contributed by atoms with Crippen LogP contribution in [-0.2, 0) is 0 Å². The van der Waals surface area contributed by atoms with E-state index in [1.807, 2.05) is 109 Å². The number of hydrogen-bond acceptors (Lipinski definition) is 2.